The summed E-state index contributed by atoms with van der Waals surface area (Å²) in [4.78, 5) is 40.4. The maximum absolute atomic E-state index is 12.7. The van der Waals surface area contributed by atoms with Crippen LogP contribution in [0, 0.1) is 0 Å². The zero-order valence-corrected chi connectivity index (χ0v) is 13.5. The van der Waals surface area contributed by atoms with Gasteiger partial charge in [-0.2, -0.15) is 13.2 Å². The second-order valence-electron chi connectivity index (χ2n) is 5.04. The predicted octanol–water partition coefficient (Wildman–Crippen LogP) is 2.68. The Labute approximate surface area is 146 Å². The Morgan fingerprint density at radius 1 is 0.923 bits per heavy atom. The van der Waals surface area contributed by atoms with Gasteiger partial charge in [0.25, 0.3) is 11.8 Å². The quantitative estimate of drug-likeness (QED) is 0.762. The summed E-state index contributed by atoms with van der Waals surface area (Å²) in [5.74, 6) is -3.26. The summed E-state index contributed by atoms with van der Waals surface area (Å²) < 4.78 is 49.7. The average Bonchev–Trinajstić information content (AvgIpc) is 2.85. The largest absolute Gasteiger partial charge is 0.475 e. The lowest BCUT2D eigenvalue weighted by molar-refractivity contribution is -0.0588. The van der Waals surface area contributed by atoms with Crippen molar-refractivity contribution in [3.8, 4) is 0 Å². The summed E-state index contributed by atoms with van der Waals surface area (Å²) in [5, 5.41) is 0.167. The van der Waals surface area contributed by atoms with E-state index in [2.05, 4.69) is 0 Å². The molecule has 0 saturated carbocycles. The molecule has 0 bridgehead atoms. The molecule has 0 aromatic heterocycles. The number of nitrogens with zero attached hydrogens (tertiary/aromatic N) is 1. The maximum Gasteiger partial charge on any atom is 0.475 e. The molecular formula is C16H8F3NO5S. The van der Waals surface area contributed by atoms with Gasteiger partial charge in [0.15, 0.2) is 10.8 Å². The molecule has 1 atom stereocenters. The SMILES string of the molecule is O=C(ON1C(=O)c2ccccc2C1=O)c1ccccc1S(=O)C(F)(F)F. The highest BCUT2D eigenvalue weighted by atomic mass is 32.2. The number of fused-ring (bicyclic) bond motifs is 1. The summed E-state index contributed by atoms with van der Waals surface area (Å²) in [6, 6.07) is 9.89. The Bertz CT molecular complexity index is 922. The number of imide groups is 1. The molecule has 134 valence electrons. The zero-order chi connectivity index (χ0) is 19.1. The molecule has 0 spiro atoms. The first-order valence-electron chi connectivity index (χ1n) is 6.99. The molecule has 1 aliphatic heterocycles. The van der Waals surface area contributed by atoms with Crippen LogP contribution < -0.4 is 0 Å². The van der Waals surface area contributed by atoms with Gasteiger partial charge in [-0.3, -0.25) is 9.59 Å². The molecule has 0 aliphatic carbocycles. The van der Waals surface area contributed by atoms with E-state index in [1.165, 1.54) is 30.3 Å². The molecule has 10 heteroatoms. The first-order valence-corrected chi connectivity index (χ1v) is 8.14. The van der Waals surface area contributed by atoms with E-state index in [-0.39, 0.29) is 16.2 Å². The third kappa shape index (κ3) is 2.99. The Kier molecular flexibility index (Phi) is 4.36. The predicted molar refractivity (Wildman–Crippen MR) is 81.3 cm³/mol. The van der Waals surface area contributed by atoms with E-state index >= 15 is 0 Å². The number of hydrogen-bond donors (Lipinski definition) is 0. The highest BCUT2D eigenvalue weighted by molar-refractivity contribution is 7.86. The molecule has 0 fully saturated rings. The minimum atomic E-state index is -5.09. The first kappa shape index (κ1) is 17.8. The molecule has 2 amide bonds. The lowest BCUT2D eigenvalue weighted by Gasteiger charge is -2.15. The lowest BCUT2D eigenvalue weighted by atomic mass is 10.1. The van der Waals surface area contributed by atoms with E-state index in [4.69, 9.17) is 4.84 Å². The van der Waals surface area contributed by atoms with Crippen LogP contribution in [-0.4, -0.2) is 32.6 Å². The fourth-order valence-electron chi connectivity index (χ4n) is 2.30. The summed E-state index contributed by atoms with van der Waals surface area (Å²) in [6.45, 7) is 0. The van der Waals surface area contributed by atoms with Crippen LogP contribution in [-0.2, 0) is 15.6 Å². The topological polar surface area (TPSA) is 80.8 Å². The van der Waals surface area contributed by atoms with Gasteiger partial charge in [-0.1, -0.05) is 29.3 Å². The monoisotopic (exact) mass is 383 g/mol. The molecular weight excluding hydrogens is 375 g/mol. The van der Waals surface area contributed by atoms with Gasteiger partial charge in [0.1, 0.15) is 0 Å². The number of hydroxylamine groups is 2. The van der Waals surface area contributed by atoms with Crippen LogP contribution >= 0.6 is 0 Å². The third-order valence-corrected chi connectivity index (χ3v) is 4.62. The fourth-order valence-corrected chi connectivity index (χ4v) is 3.11. The highest BCUT2D eigenvalue weighted by Crippen LogP contribution is 2.29. The van der Waals surface area contributed by atoms with Crippen molar-refractivity contribution in [3.63, 3.8) is 0 Å². The summed E-state index contributed by atoms with van der Waals surface area (Å²) in [7, 11) is -3.48. The second kappa shape index (κ2) is 6.37. The van der Waals surface area contributed by atoms with Crippen LogP contribution in [0.4, 0.5) is 13.2 Å². The summed E-state index contributed by atoms with van der Waals surface area (Å²) in [6.07, 6.45) is 0. The molecule has 2 aromatic rings. The fraction of sp³-hybridized carbons (Fsp3) is 0.0625. The van der Waals surface area contributed by atoms with Crippen molar-refractivity contribution < 1.29 is 36.6 Å². The van der Waals surface area contributed by atoms with Crippen molar-refractivity contribution >= 4 is 28.6 Å². The average molecular weight is 383 g/mol. The van der Waals surface area contributed by atoms with Crippen LogP contribution in [0.2, 0.25) is 0 Å². The van der Waals surface area contributed by atoms with Crippen molar-refractivity contribution in [1.29, 1.82) is 0 Å². The number of carbonyl (C=O) groups is 3. The van der Waals surface area contributed by atoms with Crippen LogP contribution in [0.1, 0.15) is 31.1 Å². The molecule has 1 aliphatic rings. The molecule has 26 heavy (non-hydrogen) atoms. The third-order valence-electron chi connectivity index (χ3n) is 3.45. The van der Waals surface area contributed by atoms with Gasteiger partial charge in [0, 0.05) is 0 Å². The van der Waals surface area contributed by atoms with Gasteiger partial charge in [-0.15, -0.1) is 0 Å². The van der Waals surface area contributed by atoms with Gasteiger partial charge in [0.05, 0.1) is 21.6 Å². The van der Waals surface area contributed by atoms with Gasteiger partial charge >= 0.3 is 11.5 Å². The van der Waals surface area contributed by atoms with Crippen LogP contribution in [0.15, 0.2) is 53.4 Å². The number of amides is 2. The number of rotatable bonds is 3. The van der Waals surface area contributed by atoms with Crippen molar-refractivity contribution in [2.24, 2.45) is 0 Å². The standard InChI is InChI=1S/C16H8F3NO5S/c17-16(18,19)26(24)12-8-4-3-7-11(12)15(23)25-20-13(21)9-5-1-2-6-10(9)14(20)22/h1-8H. The molecule has 6 nitrogen and oxygen atoms in total. The second-order valence-corrected chi connectivity index (χ2v) is 6.48. The zero-order valence-electron chi connectivity index (χ0n) is 12.6. The van der Waals surface area contributed by atoms with E-state index in [1.807, 2.05) is 0 Å². The molecule has 1 unspecified atom stereocenters. The summed E-state index contributed by atoms with van der Waals surface area (Å²) >= 11 is 0. The van der Waals surface area contributed by atoms with Gasteiger partial charge in [-0.25, -0.2) is 9.00 Å². The number of carbonyl (C=O) groups excluding carboxylic acids is 3. The minimum absolute atomic E-state index is 0.00236. The van der Waals surface area contributed by atoms with E-state index in [0.29, 0.717) is 0 Å². The van der Waals surface area contributed by atoms with E-state index in [0.717, 1.165) is 18.2 Å². The number of benzene rings is 2. The Hall–Kier alpha value is -3.01. The molecule has 2 aromatic carbocycles. The molecule has 0 radical (unpaired) electrons. The van der Waals surface area contributed by atoms with Gasteiger partial charge < -0.3 is 4.84 Å². The lowest BCUT2D eigenvalue weighted by Crippen LogP contribution is -2.33. The van der Waals surface area contributed by atoms with Crippen LogP contribution in [0.3, 0.4) is 0 Å². The van der Waals surface area contributed by atoms with Gasteiger partial charge in [0.2, 0.25) is 0 Å². The highest BCUT2D eigenvalue weighted by Gasteiger charge is 2.42. The first-order chi connectivity index (χ1) is 12.2. The van der Waals surface area contributed by atoms with Crippen molar-refractivity contribution in [2.75, 3.05) is 0 Å². The van der Waals surface area contributed by atoms with Crippen LogP contribution in [0.25, 0.3) is 0 Å². The normalized spacial score (nSPS) is 15.0. The Morgan fingerprint density at radius 2 is 1.42 bits per heavy atom. The van der Waals surface area contributed by atoms with E-state index in [1.54, 1.807) is 0 Å². The number of alkyl halides is 3. The van der Waals surface area contributed by atoms with Crippen molar-refractivity contribution in [1.82, 2.24) is 5.06 Å². The van der Waals surface area contributed by atoms with Crippen molar-refractivity contribution in [3.05, 3.63) is 65.2 Å². The van der Waals surface area contributed by atoms with Crippen molar-refractivity contribution in [2.45, 2.75) is 10.4 Å². The summed E-state index contributed by atoms with van der Waals surface area (Å²) in [5.41, 5.74) is -5.76. The molecule has 0 saturated heterocycles. The van der Waals surface area contributed by atoms with E-state index < -0.39 is 44.6 Å². The molecule has 3 rings (SSSR count). The molecule has 1 heterocycles. The minimum Gasteiger partial charge on any atom is -0.324 e. The maximum atomic E-state index is 12.7. The van der Waals surface area contributed by atoms with Crippen LogP contribution in [0.5, 0.6) is 0 Å². The Balaban J connectivity index is 1.90. The Morgan fingerprint density at radius 3 is 1.96 bits per heavy atom. The molecule has 0 N–H and O–H groups in total. The number of hydrogen-bond acceptors (Lipinski definition) is 5. The van der Waals surface area contributed by atoms with E-state index in [9.17, 15) is 31.8 Å². The smallest absolute Gasteiger partial charge is 0.324 e. The number of halogens is 3. The van der Waals surface area contributed by atoms with Gasteiger partial charge in [-0.05, 0) is 24.3 Å².